The summed E-state index contributed by atoms with van der Waals surface area (Å²) < 4.78 is 32.1. The molecule has 3 N–H and O–H groups in total. The molecule has 3 rings (SSSR count). The molecule has 8 heteroatoms. The number of ether oxygens (including phenoxy) is 1. The first-order chi connectivity index (χ1) is 12.0. The van der Waals surface area contributed by atoms with Crippen LogP contribution in [0.15, 0.2) is 30.5 Å². The highest BCUT2D eigenvalue weighted by molar-refractivity contribution is 5.89. The maximum absolute atomic E-state index is 13.8. The van der Waals surface area contributed by atoms with Crippen LogP contribution in [0.3, 0.4) is 0 Å². The van der Waals surface area contributed by atoms with Gasteiger partial charge in [0.05, 0.1) is 12.8 Å². The number of hydrogen-bond acceptors (Lipinski definition) is 4. The van der Waals surface area contributed by atoms with Crippen molar-refractivity contribution >= 4 is 17.5 Å². The first-order valence-corrected chi connectivity index (χ1v) is 7.84. The second kappa shape index (κ2) is 7.33. The van der Waals surface area contributed by atoms with Crippen molar-refractivity contribution in [3.05, 3.63) is 47.7 Å². The van der Waals surface area contributed by atoms with Crippen molar-refractivity contribution < 1.29 is 18.3 Å². The number of benzene rings is 1. The van der Waals surface area contributed by atoms with Gasteiger partial charge in [-0.15, -0.1) is 0 Å². The Morgan fingerprint density at radius 3 is 2.80 bits per heavy atom. The highest BCUT2D eigenvalue weighted by Gasteiger charge is 2.21. The summed E-state index contributed by atoms with van der Waals surface area (Å²) >= 11 is 0. The molecular formula is C17H18F2N4O2. The minimum absolute atomic E-state index is 0.226. The number of rotatable bonds is 6. The highest BCUT2D eigenvalue weighted by Crippen LogP contribution is 2.25. The van der Waals surface area contributed by atoms with Crippen molar-refractivity contribution in [1.29, 1.82) is 0 Å². The van der Waals surface area contributed by atoms with E-state index >= 15 is 0 Å². The van der Waals surface area contributed by atoms with Gasteiger partial charge in [-0.1, -0.05) is 0 Å². The quantitative estimate of drug-likeness (QED) is 0.749. The molecule has 1 saturated carbocycles. The molecule has 0 spiro atoms. The fourth-order valence-corrected chi connectivity index (χ4v) is 2.23. The van der Waals surface area contributed by atoms with E-state index in [9.17, 15) is 13.6 Å². The Hall–Kier alpha value is -2.90. The summed E-state index contributed by atoms with van der Waals surface area (Å²) in [6, 6.07) is 5.20. The fourth-order valence-electron chi connectivity index (χ4n) is 2.23. The third-order valence-corrected chi connectivity index (χ3v) is 3.70. The van der Waals surface area contributed by atoms with Crippen LogP contribution in [0.25, 0.3) is 0 Å². The Morgan fingerprint density at radius 2 is 2.08 bits per heavy atom. The predicted molar refractivity (Wildman–Crippen MR) is 89.7 cm³/mol. The predicted octanol–water partition coefficient (Wildman–Crippen LogP) is 3.26. The van der Waals surface area contributed by atoms with Crippen LogP contribution < -0.4 is 20.7 Å². The number of halogens is 2. The number of carbonyl (C=O) groups excluding carboxylic acids is 1. The van der Waals surface area contributed by atoms with Crippen LogP contribution in [0.5, 0.6) is 5.75 Å². The fraction of sp³-hybridized carbons (Fsp3) is 0.294. The molecule has 0 bridgehead atoms. The number of urea groups is 1. The molecule has 1 aromatic heterocycles. The average molecular weight is 348 g/mol. The second-order valence-electron chi connectivity index (χ2n) is 5.74. The molecular weight excluding hydrogens is 330 g/mol. The number of pyridine rings is 1. The van der Waals surface area contributed by atoms with Gasteiger partial charge in [0.25, 0.3) is 0 Å². The molecule has 2 aromatic rings. The molecule has 0 unspecified atom stereocenters. The number of aromatic nitrogens is 1. The largest absolute Gasteiger partial charge is 0.494 e. The SMILES string of the molecule is COc1cc(F)c(NC(=O)NCc2ccnc(NC3CC3)c2)cc1F. The van der Waals surface area contributed by atoms with Crippen molar-refractivity contribution in [2.24, 2.45) is 0 Å². The zero-order chi connectivity index (χ0) is 17.8. The molecule has 132 valence electrons. The van der Waals surface area contributed by atoms with Gasteiger partial charge in [-0.05, 0) is 30.5 Å². The van der Waals surface area contributed by atoms with Gasteiger partial charge in [-0.3, -0.25) is 0 Å². The van der Waals surface area contributed by atoms with Crippen LogP contribution >= 0.6 is 0 Å². The van der Waals surface area contributed by atoms with Crippen LogP contribution in [-0.4, -0.2) is 24.2 Å². The maximum atomic E-state index is 13.8. The van der Waals surface area contributed by atoms with Gasteiger partial charge in [-0.2, -0.15) is 0 Å². The first-order valence-electron chi connectivity index (χ1n) is 7.84. The average Bonchev–Trinajstić information content (AvgIpc) is 3.40. The van der Waals surface area contributed by atoms with E-state index in [1.807, 2.05) is 6.07 Å². The number of anilines is 2. The van der Waals surface area contributed by atoms with Crippen LogP contribution in [0.1, 0.15) is 18.4 Å². The summed E-state index contributed by atoms with van der Waals surface area (Å²) in [6.07, 6.45) is 3.92. The minimum Gasteiger partial charge on any atom is -0.494 e. The molecule has 0 atom stereocenters. The lowest BCUT2D eigenvalue weighted by atomic mass is 10.2. The van der Waals surface area contributed by atoms with Crippen LogP contribution in [0.2, 0.25) is 0 Å². The molecule has 0 radical (unpaired) electrons. The van der Waals surface area contributed by atoms with E-state index in [0.717, 1.165) is 36.4 Å². The Labute approximate surface area is 143 Å². The second-order valence-corrected chi connectivity index (χ2v) is 5.74. The first kappa shape index (κ1) is 16.9. The van der Waals surface area contributed by atoms with Gasteiger partial charge in [-0.25, -0.2) is 18.6 Å². The van der Waals surface area contributed by atoms with Gasteiger partial charge in [0, 0.05) is 30.9 Å². The molecule has 1 aliphatic rings. The van der Waals surface area contributed by atoms with Crippen LogP contribution in [-0.2, 0) is 6.54 Å². The van der Waals surface area contributed by atoms with E-state index < -0.39 is 17.7 Å². The molecule has 6 nitrogen and oxygen atoms in total. The van der Waals surface area contributed by atoms with Gasteiger partial charge in [0.15, 0.2) is 17.4 Å². The standard InChI is InChI=1S/C17H18F2N4O2/c1-25-15-8-12(18)14(7-13(15)19)23-17(24)21-9-10-4-5-20-16(6-10)22-11-2-3-11/h4-8,11H,2-3,9H2,1H3,(H,20,22)(H2,21,23,24). The Kier molecular flexibility index (Phi) is 4.97. The Bertz CT molecular complexity index is 781. The van der Waals surface area contributed by atoms with E-state index in [1.54, 1.807) is 12.3 Å². The summed E-state index contributed by atoms with van der Waals surface area (Å²) in [5, 5.41) is 8.14. The lowest BCUT2D eigenvalue weighted by Crippen LogP contribution is -2.28. The molecule has 1 heterocycles. The van der Waals surface area contributed by atoms with Gasteiger partial charge in [0.1, 0.15) is 5.82 Å². The molecule has 0 saturated heterocycles. The van der Waals surface area contributed by atoms with Gasteiger partial charge in [0.2, 0.25) is 0 Å². The number of carbonyl (C=O) groups is 1. The molecule has 1 fully saturated rings. The van der Waals surface area contributed by atoms with Crippen molar-refractivity contribution in [1.82, 2.24) is 10.3 Å². The molecule has 2 amide bonds. The Balaban J connectivity index is 1.57. The number of methoxy groups -OCH3 is 1. The van der Waals surface area contributed by atoms with Crippen molar-refractivity contribution in [3.63, 3.8) is 0 Å². The molecule has 0 aliphatic heterocycles. The lowest BCUT2D eigenvalue weighted by molar-refractivity contribution is 0.251. The zero-order valence-electron chi connectivity index (χ0n) is 13.6. The van der Waals surface area contributed by atoms with Crippen molar-refractivity contribution in [2.45, 2.75) is 25.4 Å². The summed E-state index contributed by atoms with van der Waals surface area (Å²) in [4.78, 5) is 16.1. The van der Waals surface area contributed by atoms with Crippen LogP contribution in [0.4, 0.5) is 25.1 Å². The summed E-state index contributed by atoms with van der Waals surface area (Å²) in [7, 11) is 1.23. The van der Waals surface area contributed by atoms with E-state index in [1.165, 1.54) is 7.11 Å². The molecule has 1 aliphatic carbocycles. The number of nitrogens with one attached hydrogen (secondary N) is 3. The monoisotopic (exact) mass is 348 g/mol. The third-order valence-electron chi connectivity index (χ3n) is 3.70. The summed E-state index contributed by atoms with van der Waals surface area (Å²) in [6.45, 7) is 0.230. The van der Waals surface area contributed by atoms with E-state index in [4.69, 9.17) is 0 Å². The topological polar surface area (TPSA) is 75.3 Å². The smallest absolute Gasteiger partial charge is 0.319 e. The van der Waals surface area contributed by atoms with Crippen molar-refractivity contribution in [2.75, 3.05) is 17.7 Å². The summed E-state index contributed by atoms with van der Waals surface area (Å²) in [5.74, 6) is -1.02. The number of nitrogens with zero attached hydrogens (tertiary/aromatic N) is 1. The minimum atomic E-state index is -0.784. The number of amides is 2. The van der Waals surface area contributed by atoms with E-state index in [-0.39, 0.29) is 18.0 Å². The van der Waals surface area contributed by atoms with E-state index in [0.29, 0.717) is 6.04 Å². The highest BCUT2D eigenvalue weighted by atomic mass is 19.1. The van der Waals surface area contributed by atoms with E-state index in [2.05, 4.69) is 25.7 Å². The maximum Gasteiger partial charge on any atom is 0.319 e. The lowest BCUT2D eigenvalue weighted by Gasteiger charge is -2.11. The summed E-state index contributed by atoms with van der Waals surface area (Å²) in [5.41, 5.74) is 0.580. The normalized spacial score (nSPS) is 13.2. The van der Waals surface area contributed by atoms with Gasteiger partial charge < -0.3 is 20.7 Å². The van der Waals surface area contributed by atoms with Crippen LogP contribution in [0, 0.1) is 11.6 Å². The van der Waals surface area contributed by atoms with Crippen molar-refractivity contribution in [3.8, 4) is 5.75 Å². The number of hydrogen-bond donors (Lipinski definition) is 3. The molecule has 25 heavy (non-hydrogen) atoms. The van der Waals surface area contributed by atoms with Gasteiger partial charge >= 0.3 is 6.03 Å². The zero-order valence-corrected chi connectivity index (χ0v) is 13.6. The third kappa shape index (κ3) is 4.56. The molecule has 1 aromatic carbocycles. The Morgan fingerprint density at radius 1 is 1.28 bits per heavy atom.